The van der Waals surface area contributed by atoms with Gasteiger partial charge in [-0.3, -0.25) is 10.4 Å². The van der Waals surface area contributed by atoms with E-state index in [1.54, 1.807) is 24.3 Å². The van der Waals surface area contributed by atoms with E-state index in [9.17, 15) is 0 Å². The average Bonchev–Trinajstić information content (AvgIpc) is 2.31. The standard InChI is InChI=1S/C12H9Cl2N3O/c13-7-1-2-11(10(4-7)12(15)16)18-9-3-8(14)5-17-6-9/h1-6H,(H3,15,16). The summed E-state index contributed by atoms with van der Waals surface area (Å²) in [5.74, 6) is 0.769. The van der Waals surface area contributed by atoms with Gasteiger partial charge >= 0.3 is 0 Å². The number of nitrogens with zero attached hydrogens (tertiary/aromatic N) is 1. The van der Waals surface area contributed by atoms with Gasteiger partial charge in [0.1, 0.15) is 17.3 Å². The smallest absolute Gasteiger partial charge is 0.147 e. The summed E-state index contributed by atoms with van der Waals surface area (Å²) in [6.07, 6.45) is 3.02. The zero-order valence-corrected chi connectivity index (χ0v) is 10.7. The van der Waals surface area contributed by atoms with Gasteiger partial charge in [0.25, 0.3) is 0 Å². The molecule has 0 aliphatic heterocycles. The normalized spacial score (nSPS) is 10.1. The third kappa shape index (κ3) is 2.91. The Morgan fingerprint density at radius 2 is 1.94 bits per heavy atom. The fourth-order valence-electron chi connectivity index (χ4n) is 1.38. The van der Waals surface area contributed by atoms with Crippen LogP contribution in [0.5, 0.6) is 11.5 Å². The Morgan fingerprint density at radius 3 is 2.61 bits per heavy atom. The minimum Gasteiger partial charge on any atom is -0.455 e. The van der Waals surface area contributed by atoms with Crippen molar-refractivity contribution in [1.29, 1.82) is 5.41 Å². The molecule has 0 fully saturated rings. The van der Waals surface area contributed by atoms with E-state index in [1.807, 2.05) is 0 Å². The number of benzene rings is 1. The number of hydrogen-bond donors (Lipinski definition) is 2. The van der Waals surface area contributed by atoms with E-state index >= 15 is 0 Å². The van der Waals surface area contributed by atoms with Crippen molar-refractivity contribution in [1.82, 2.24) is 4.98 Å². The van der Waals surface area contributed by atoms with Crippen molar-refractivity contribution >= 4 is 29.0 Å². The highest BCUT2D eigenvalue weighted by atomic mass is 35.5. The number of nitrogen functional groups attached to an aromatic ring is 1. The van der Waals surface area contributed by atoms with Crippen LogP contribution in [0.4, 0.5) is 0 Å². The van der Waals surface area contributed by atoms with Gasteiger partial charge < -0.3 is 10.5 Å². The maximum Gasteiger partial charge on any atom is 0.147 e. The summed E-state index contributed by atoms with van der Waals surface area (Å²) in [6.45, 7) is 0. The number of nitrogens with one attached hydrogen (secondary N) is 1. The number of rotatable bonds is 3. The second-order valence-electron chi connectivity index (χ2n) is 3.50. The highest BCUT2D eigenvalue weighted by Gasteiger charge is 2.09. The molecule has 2 rings (SSSR count). The van der Waals surface area contributed by atoms with Crippen LogP contribution in [0.15, 0.2) is 36.7 Å². The van der Waals surface area contributed by atoms with Crippen LogP contribution in [0.2, 0.25) is 10.0 Å². The minimum absolute atomic E-state index is 0.123. The predicted molar refractivity (Wildman–Crippen MR) is 71.8 cm³/mol. The molecule has 0 saturated heterocycles. The molecule has 0 saturated carbocycles. The maximum atomic E-state index is 7.48. The van der Waals surface area contributed by atoms with Crippen molar-refractivity contribution < 1.29 is 4.74 Å². The van der Waals surface area contributed by atoms with Crippen LogP contribution in [-0.2, 0) is 0 Å². The lowest BCUT2D eigenvalue weighted by Crippen LogP contribution is -2.12. The number of ether oxygens (including phenoxy) is 1. The van der Waals surface area contributed by atoms with Crippen molar-refractivity contribution in [3.05, 3.63) is 52.3 Å². The highest BCUT2D eigenvalue weighted by Crippen LogP contribution is 2.28. The molecule has 0 aliphatic carbocycles. The van der Waals surface area contributed by atoms with Crippen LogP contribution in [0, 0.1) is 5.41 Å². The summed E-state index contributed by atoms with van der Waals surface area (Å²) in [7, 11) is 0. The Kier molecular flexibility index (Phi) is 3.69. The van der Waals surface area contributed by atoms with Crippen LogP contribution in [0.1, 0.15) is 5.56 Å². The van der Waals surface area contributed by atoms with Crippen molar-refractivity contribution in [2.75, 3.05) is 0 Å². The molecule has 18 heavy (non-hydrogen) atoms. The topological polar surface area (TPSA) is 72.0 Å². The molecule has 0 unspecified atom stereocenters. The van der Waals surface area contributed by atoms with Crippen molar-refractivity contribution in [3.63, 3.8) is 0 Å². The molecule has 0 bridgehead atoms. The van der Waals surface area contributed by atoms with Crippen molar-refractivity contribution in [2.45, 2.75) is 0 Å². The first kappa shape index (κ1) is 12.7. The van der Waals surface area contributed by atoms with Gasteiger partial charge in [-0.1, -0.05) is 23.2 Å². The third-order valence-corrected chi connectivity index (χ3v) is 2.58. The highest BCUT2D eigenvalue weighted by molar-refractivity contribution is 6.31. The second kappa shape index (κ2) is 5.25. The molecular weight excluding hydrogens is 273 g/mol. The van der Waals surface area contributed by atoms with Gasteiger partial charge in [0.05, 0.1) is 16.8 Å². The number of nitrogens with two attached hydrogens (primary N) is 1. The van der Waals surface area contributed by atoms with Crippen LogP contribution in [0.25, 0.3) is 0 Å². The number of aromatic nitrogens is 1. The molecule has 4 nitrogen and oxygen atoms in total. The van der Waals surface area contributed by atoms with Gasteiger partial charge in [-0.25, -0.2) is 0 Å². The fourth-order valence-corrected chi connectivity index (χ4v) is 1.71. The first-order valence-electron chi connectivity index (χ1n) is 4.98. The van der Waals surface area contributed by atoms with Gasteiger partial charge in [-0.2, -0.15) is 0 Å². The lowest BCUT2D eigenvalue weighted by molar-refractivity contribution is 0.479. The maximum absolute atomic E-state index is 7.48. The zero-order chi connectivity index (χ0) is 13.1. The lowest BCUT2D eigenvalue weighted by atomic mass is 10.2. The molecule has 92 valence electrons. The van der Waals surface area contributed by atoms with E-state index in [0.29, 0.717) is 27.1 Å². The zero-order valence-electron chi connectivity index (χ0n) is 9.15. The Balaban J connectivity index is 2.37. The lowest BCUT2D eigenvalue weighted by Gasteiger charge is -2.10. The fraction of sp³-hybridized carbons (Fsp3) is 0. The van der Waals surface area contributed by atoms with Gasteiger partial charge in [0.2, 0.25) is 0 Å². The molecule has 6 heteroatoms. The quantitative estimate of drug-likeness (QED) is 0.668. The molecule has 0 radical (unpaired) electrons. The summed E-state index contributed by atoms with van der Waals surface area (Å²) < 4.78 is 5.58. The van der Waals surface area contributed by atoms with Crippen molar-refractivity contribution in [2.24, 2.45) is 5.73 Å². The third-order valence-electron chi connectivity index (χ3n) is 2.14. The monoisotopic (exact) mass is 281 g/mol. The van der Waals surface area contributed by atoms with Gasteiger partial charge in [0, 0.05) is 17.3 Å². The number of halogens is 2. The molecule has 0 atom stereocenters. The number of pyridine rings is 1. The van der Waals surface area contributed by atoms with Crippen LogP contribution >= 0.6 is 23.2 Å². The molecule has 0 amide bonds. The van der Waals surface area contributed by atoms with Gasteiger partial charge in [0.15, 0.2) is 0 Å². The Labute approximate surface area is 114 Å². The van der Waals surface area contributed by atoms with E-state index in [1.165, 1.54) is 12.4 Å². The number of hydrogen-bond acceptors (Lipinski definition) is 3. The van der Waals surface area contributed by atoms with E-state index < -0.39 is 0 Å². The molecule has 0 aliphatic rings. The van der Waals surface area contributed by atoms with Crippen molar-refractivity contribution in [3.8, 4) is 11.5 Å². The van der Waals surface area contributed by atoms with Gasteiger partial charge in [-0.05, 0) is 18.2 Å². The second-order valence-corrected chi connectivity index (χ2v) is 4.37. The SMILES string of the molecule is N=C(N)c1cc(Cl)ccc1Oc1cncc(Cl)c1. The van der Waals surface area contributed by atoms with E-state index in [2.05, 4.69) is 4.98 Å². The first-order valence-corrected chi connectivity index (χ1v) is 5.74. The van der Waals surface area contributed by atoms with Crippen LogP contribution in [-0.4, -0.2) is 10.8 Å². The summed E-state index contributed by atoms with van der Waals surface area (Å²) >= 11 is 11.7. The molecule has 1 aromatic heterocycles. The summed E-state index contributed by atoms with van der Waals surface area (Å²) in [5.41, 5.74) is 5.89. The average molecular weight is 282 g/mol. The molecule has 1 aromatic carbocycles. The Morgan fingerprint density at radius 1 is 1.17 bits per heavy atom. The van der Waals surface area contributed by atoms with E-state index in [0.717, 1.165) is 0 Å². The molecule has 2 aromatic rings. The minimum atomic E-state index is -0.123. The summed E-state index contributed by atoms with van der Waals surface area (Å²) in [5, 5.41) is 8.43. The molecule has 0 spiro atoms. The summed E-state index contributed by atoms with van der Waals surface area (Å²) in [6, 6.07) is 6.48. The van der Waals surface area contributed by atoms with Crippen LogP contribution < -0.4 is 10.5 Å². The molecular formula is C12H9Cl2N3O. The Hall–Kier alpha value is -1.78. The first-order chi connectivity index (χ1) is 8.56. The summed E-state index contributed by atoms with van der Waals surface area (Å²) in [4.78, 5) is 3.90. The predicted octanol–water partition coefficient (Wildman–Crippen LogP) is 3.46. The van der Waals surface area contributed by atoms with E-state index in [4.69, 9.17) is 39.1 Å². The van der Waals surface area contributed by atoms with E-state index in [-0.39, 0.29) is 5.84 Å². The number of amidine groups is 1. The van der Waals surface area contributed by atoms with Gasteiger partial charge in [-0.15, -0.1) is 0 Å². The molecule has 3 N–H and O–H groups in total. The largest absolute Gasteiger partial charge is 0.455 e. The van der Waals surface area contributed by atoms with Crippen LogP contribution in [0.3, 0.4) is 0 Å². The Bertz CT molecular complexity index is 602. The molecule has 1 heterocycles.